The van der Waals surface area contributed by atoms with E-state index in [1.807, 2.05) is 0 Å². The molecule has 9 heteroatoms. The molecule has 0 saturated carbocycles. The smallest absolute Gasteiger partial charge is 0.360 e. The van der Waals surface area contributed by atoms with Gasteiger partial charge in [-0.05, 0) is 0 Å². The highest BCUT2D eigenvalue weighted by atomic mass is 35.5. The van der Waals surface area contributed by atoms with Gasteiger partial charge < -0.3 is 19.9 Å². The first-order chi connectivity index (χ1) is 8.17. The summed E-state index contributed by atoms with van der Waals surface area (Å²) in [5.41, 5.74) is 0. The van der Waals surface area contributed by atoms with E-state index in [0.717, 1.165) is 0 Å². The minimum atomic E-state index is -0.300. The van der Waals surface area contributed by atoms with E-state index in [0.29, 0.717) is 0 Å². The lowest BCUT2D eigenvalue weighted by molar-refractivity contribution is -0.115. The van der Waals surface area contributed by atoms with Crippen molar-refractivity contribution in [2.75, 3.05) is 26.1 Å². The number of rotatable bonds is 6. The van der Waals surface area contributed by atoms with Crippen molar-refractivity contribution >= 4 is 30.9 Å². The Hall–Kier alpha value is -1.38. The number of aromatic nitrogens is 2. The maximum Gasteiger partial charge on any atom is 0.360 e. The number of carbonyl (C=O) groups excluding carboxylic acids is 1. The summed E-state index contributed by atoms with van der Waals surface area (Å²) >= 11 is 5.77. The van der Waals surface area contributed by atoms with Gasteiger partial charge in [-0.2, -0.15) is 4.98 Å². The van der Waals surface area contributed by atoms with E-state index in [9.17, 15) is 4.79 Å². The van der Waals surface area contributed by atoms with Crippen LogP contribution in [-0.4, -0.2) is 44.3 Å². The van der Waals surface area contributed by atoms with Crippen LogP contribution in [0.5, 0.6) is 5.88 Å². The normalized spacial score (nSPS) is 9.82. The third-order valence-corrected chi connectivity index (χ3v) is 1.98. The second kappa shape index (κ2) is 7.05. The van der Waals surface area contributed by atoms with Crippen LogP contribution < -0.4 is 15.3 Å². The number of nitrogens with one attached hydrogen (secondary N) is 2. The van der Waals surface area contributed by atoms with Gasteiger partial charge >= 0.3 is 7.62 Å². The molecule has 0 saturated heterocycles. The number of halogens is 1. The molecule has 0 aliphatic rings. The fourth-order valence-corrected chi connectivity index (χ4v) is 1.12. The number of nitrogens with zero attached hydrogens (tertiary/aromatic N) is 2. The van der Waals surface area contributed by atoms with E-state index >= 15 is 0 Å². The quantitative estimate of drug-likeness (QED) is 0.532. The maximum atomic E-state index is 11.4. The van der Waals surface area contributed by atoms with Gasteiger partial charge in [-0.3, -0.25) is 4.79 Å². The zero-order chi connectivity index (χ0) is 12.7. The highest BCUT2D eigenvalue weighted by molar-refractivity contribution is 6.32. The monoisotopic (exact) mass is 258 g/mol. The molecule has 0 atom stereocenters. The molecule has 0 aromatic carbocycles. The first-order valence-electron chi connectivity index (χ1n) is 4.73. The van der Waals surface area contributed by atoms with Crippen LogP contribution >= 0.6 is 11.6 Å². The van der Waals surface area contributed by atoms with E-state index in [4.69, 9.17) is 21.0 Å². The first-order valence-corrected chi connectivity index (χ1v) is 5.11. The standard InChI is InChI=1S/C8H12BClN4O3/c1-16-6-4-11-7(10)8(14-6)13-5(15)3-12-9-17-2/h4,9,12H,3H2,1-2H3,(H,13,14,15). The fraction of sp³-hybridized carbons (Fsp3) is 0.375. The molecular formula is C8H12BClN4O3. The lowest BCUT2D eigenvalue weighted by Gasteiger charge is -2.07. The molecule has 0 aliphatic carbocycles. The van der Waals surface area contributed by atoms with Gasteiger partial charge in [0.05, 0.1) is 19.9 Å². The number of hydrogen-bond acceptors (Lipinski definition) is 6. The minimum Gasteiger partial charge on any atom is -0.480 e. The van der Waals surface area contributed by atoms with Crippen LogP contribution in [0.1, 0.15) is 0 Å². The predicted molar refractivity (Wildman–Crippen MR) is 64.4 cm³/mol. The second-order valence-corrected chi connectivity index (χ2v) is 3.32. The molecule has 0 aliphatic heterocycles. The van der Waals surface area contributed by atoms with Crippen LogP contribution in [0.25, 0.3) is 0 Å². The summed E-state index contributed by atoms with van der Waals surface area (Å²) in [6.07, 6.45) is 1.36. The minimum absolute atomic E-state index is 0.0864. The molecule has 0 radical (unpaired) electrons. The van der Waals surface area contributed by atoms with E-state index in [1.54, 1.807) is 0 Å². The lowest BCUT2D eigenvalue weighted by atomic mass is 10.3. The van der Waals surface area contributed by atoms with Crippen molar-refractivity contribution in [2.24, 2.45) is 0 Å². The van der Waals surface area contributed by atoms with Gasteiger partial charge in [-0.25, -0.2) is 4.98 Å². The molecule has 1 amide bonds. The third-order valence-electron chi connectivity index (χ3n) is 1.70. The number of ether oxygens (including phenoxy) is 1. The van der Waals surface area contributed by atoms with E-state index < -0.39 is 0 Å². The fourth-order valence-electron chi connectivity index (χ4n) is 0.979. The SMILES string of the molecule is COBNCC(=O)Nc1nc(OC)cnc1Cl. The molecule has 1 heterocycles. The van der Waals surface area contributed by atoms with E-state index in [1.165, 1.54) is 20.4 Å². The van der Waals surface area contributed by atoms with Crippen molar-refractivity contribution in [2.45, 2.75) is 0 Å². The lowest BCUT2D eigenvalue weighted by Crippen LogP contribution is -2.31. The molecule has 1 rings (SSSR count). The predicted octanol–water partition coefficient (Wildman–Crippen LogP) is -0.420. The number of amides is 1. The molecule has 0 spiro atoms. The van der Waals surface area contributed by atoms with Crippen molar-refractivity contribution in [3.63, 3.8) is 0 Å². The van der Waals surface area contributed by atoms with Gasteiger partial charge in [0.2, 0.25) is 11.8 Å². The molecule has 2 N–H and O–H groups in total. The van der Waals surface area contributed by atoms with Gasteiger partial charge in [-0.1, -0.05) is 11.6 Å². The van der Waals surface area contributed by atoms with Crippen molar-refractivity contribution in [1.82, 2.24) is 15.2 Å². The second-order valence-electron chi connectivity index (χ2n) is 2.96. The van der Waals surface area contributed by atoms with Crippen molar-refractivity contribution in [1.29, 1.82) is 0 Å². The Bertz CT molecular complexity index is 393. The number of hydrogen-bond donors (Lipinski definition) is 2. The van der Waals surface area contributed by atoms with Crippen LogP contribution in [0.3, 0.4) is 0 Å². The van der Waals surface area contributed by atoms with Crippen molar-refractivity contribution in [3.8, 4) is 5.88 Å². The summed E-state index contributed by atoms with van der Waals surface area (Å²) in [6, 6.07) is 0. The highest BCUT2D eigenvalue weighted by Gasteiger charge is 2.09. The molecule has 0 bridgehead atoms. The molecule has 1 aromatic heterocycles. The van der Waals surface area contributed by atoms with Crippen LogP contribution in [0.15, 0.2) is 6.20 Å². The van der Waals surface area contributed by atoms with Gasteiger partial charge in [0, 0.05) is 7.11 Å². The summed E-state index contributed by atoms with van der Waals surface area (Å²) in [4.78, 5) is 19.2. The molecular weight excluding hydrogens is 246 g/mol. The summed E-state index contributed by atoms with van der Waals surface area (Å²) in [5.74, 6) is 0.135. The molecule has 92 valence electrons. The Balaban J connectivity index is 2.57. The third kappa shape index (κ3) is 4.55. The summed E-state index contributed by atoms with van der Waals surface area (Å²) in [6.45, 7) is 0.0864. The number of methoxy groups -OCH3 is 1. The van der Waals surface area contributed by atoms with Gasteiger partial charge in [0.15, 0.2) is 11.0 Å². The van der Waals surface area contributed by atoms with Crippen molar-refractivity contribution in [3.05, 3.63) is 11.3 Å². The van der Waals surface area contributed by atoms with E-state index in [-0.39, 0.29) is 36.9 Å². The summed E-state index contributed by atoms with van der Waals surface area (Å²) in [5, 5.41) is 5.35. The molecule has 1 aromatic rings. The zero-order valence-electron chi connectivity index (χ0n) is 9.49. The largest absolute Gasteiger partial charge is 0.480 e. The Morgan fingerprint density at radius 3 is 3.00 bits per heavy atom. The molecule has 7 nitrogen and oxygen atoms in total. The topological polar surface area (TPSA) is 85.4 Å². The van der Waals surface area contributed by atoms with E-state index in [2.05, 4.69) is 20.5 Å². The van der Waals surface area contributed by atoms with Gasteiger partial charge in [-0.15, -0.1) is 0 Å². The first kappa shape index (κ1) is 13.7. The number of anilines is 1. The Labute approximate surface area is 104 Å². The highest BCUT2D eigenvalue weighted by Crippen LogP contribution is 2.18. The molecule has 0 unspecified atom stereocenters. The van der Waals surface area contributed by atoms with Crippen LogP contribution in [0.4, 0.5) is 5.82 Å². The number of carbonyl (C=O) groups is 1. The van der Waals surface area contributed by atoms with Crippen LogP contribution in [-0.2, 0) is 9.45 Å². The van der Waals surface area contributed by atoms with Crippen molar-refractivity contribution < 1.29 is 14.2 Å². The van der Waals surface area contributed by atoms with Gasteiger partial charge in [0.25, 0.3) is 0 Å². The Morgan fingerprint density at radius 1 is 1.59 bits per heavy atom. The Morgan fingerprint density at radius 2 is 2.35 bits per heavy atom. The van der Waals surface area contributed by atoms with Gasteiger partial charge in [0.1, 0.15) is 0 Å². The maximum absolute atomic E-state index is 11.4. The molecule has 17 heavy (non-hydrogen) atoms. The van der Waals surface area contributed by atoms with Crippen LogP contribution in [0.2, 0.25) is 5.15 Å². The summed E-state index contributed by atoms with van der Waals surface area (Å²) in [7, 11) is 3.25. The van der Waals surface area contributed by atoms with Crippen LogP contribution in [0, 0.1) is 0 Å². The molecule has 0 fully saturated rings. The average molecular weight is 258 g/mol. The zero-order valence-corrected chi connectivity index (χ0v) is 10.2. The summed E-state index contributed by atoms with van der Waals surface area (Å²) < 4.78 is 9.61. The Kier molecular flexibility index (Phi) is 5.68. The average Bonchev–Trinajstić information content (AvgIpc) is 2.32.